The molecular formula is C14H13ClN4. The van der Waals surface area contributed by atoms with Crippen LogP contribution in [0.1, 0.15) is 5.56 Å². The Balaban J connectivity index is 2.23. The Morgan fingerprint density at radius 2 is 2.05 bits per heavy atom. The molecule has 1 aliphatic heterocycles. The lowest BCUT2D eigenvalue weighted by Crippen LogP contribution is -2.40. The van der Waals surface area contributed by atoms with Gasteiger partial charge in [-0.3, -0.25) is 5.41 Å². The van der Waals surface area contributed by atoms with E-state index < -0.39 is 0 Å². The van der Waals surface area contributed by atoms with Crippen molar-refractivity contribution in [1.82, 2.24) is 10.6 Å². The van der Waals surface area contributed by atoms with Crippen molar-refractivity contribution in [2.24, 2.45) is 4.99 Å². The molecule has 0 saturated heterocycles. The summed E-state index contributed by atoms with van der Waals surface area (Å²) < 4.78 is 0. The number of aliphatic imine (C=N–C) groups is 1. The minimum Gasteiger partial charge on any atom is -0.328 e. The van der Waals surface area contributed by atoms with Crippen molar-refractivity contribution in [1.29, 1.82) is 5.41 Å². The molecule has 0 aliphatic carbocycles. The van der Waals surface area contributed by atoms with E-state index >= 15 is 0 Å². The summed E-state index contributed by atoms with van der Waals surface area (Å²) in [5.41, 5.74) is 4.94. The van der Waals surface area contributed by atoms with Gasteiger partial charge in [0.25, 0.3) is 0 Å². The maximum atomic E-state index is 7.95. The second kappa shape index (κ2) is 6.05. The Kier molecular flexibility index (Phi) is 4.18. The van der Waals surface area contributed by atoms with Gasteiger partial charge in [0.1, 0.15) is 0 Å². The number of benzene rings is 1. The van der Waals surface area contributed by atoms with Crippen molar-refractivity contribution in [2.75, 3.05) is 5.88 Å². The Hall–Kier alpha value is -2.29. The topological polar surface area (TPSA) is 60.3 Å². The molecule has 0 bridgehead atoms. The fraction of sp³-hybridized carbons (Fsp3) is 0.0714. The third kappa shape index (κ3) is 3.35. The second-order valence-electron chi connectivity index (χ2n) is 3.82. The van der Waals surface area contributed by atoms with Gasteiger partial charge in [0.15, 0.2) is 5.84 Å². The van der Waals surface area contributed by atoms with Gasteiger partial charge in [0.2, 0.25) is 5.96 Å². The molecule has 1 aliphatic rings. The molecular weight excluding hydrogens is 260 g/mol. The van der Waals surface area contributed by atoms with Crippen molar-refractivity contribution in [2.45, 2.75) is 0 Å². The summed E-state index contributed by atoms with van der Waals surface area (Å²) in [7, 11) is 0. The Bertz CT molecular complexity index is 595. The number of halogens is 1. The molecule has 0 fully saturated rings. The molecule has 5 heteroatoms. The molecule has 0 saturated carbocycles. The number of nitrogens with one attached hydrogen (secondary N) is 3. The standard InChI is InChI=1S/C14H13ClN4/c1-2-11-8-12(9-15)18-14(17-11)19-13(16)10-6-4-3-5-7-10/h3-8H,1,9H2,(H3,16,17,18,19). The summed E-state index contributed by atoms with van der Waals surface area (Å²) in [6.07, 6.45) is 1.80. The number of nitrogens with zero attached hydrogens (tertiary/aromatic N) is 1. The SMILES string of the molecule is C=C=C1C=C(CCl)N/C(=N/C(=N)c2ccccc2)N1. The van der Waals surface area contributed by atoms with Gasteiger partial charge in [0, 0.05) is 11.3 Å². The van der Waals surface area contributed by atoms with Gasteiger partial charge >= 0.3 is 0 Å². The van der Waals surface area contributed by atoms with Crippen LogP contribution in [0.25, 0.3) is 0 Å². The van der Waals surface area contributed by atoms with Crippen LogP contribution in [-0.2, 0) is 0 Å². The maximum Gasteiger partial charge on any atom is 0.207 e. The Morgan fingerprint density at radius 1 is 1.32 bits per heavy atom. The zero-order valence-corrected chi connectivity index (χ0v) is 11.0. The molecule has 1 heterocycles. The van der Waals surface area contributed by atoms with Crippen LogP contribution < -0.4 is 10.6 Å². The zero-order chi connectivity index (χ0) is 13.7. The fourth-order valence-corrected chi connectivity index (χ4v) is 1.70. The highest BCUT2D eigenvalue weighted by Crippen LogP contribution is 2.06. The van der Waals surface area contributed by atoms with E-state index in [0.717, 1.165) is 11.3 Å². The van der Waals surface area contributed by atoms with Crippen molar-refractivity contribution >= 4 is 23.4 Å². The van der Waals surface area contributed by atoms with Crippen LogP contribution in [0.2, 0.25) is 0 Å². The summed E-state index contributed by atoms with van der Waals surface area (Å²) in [6, 6.07) is 9.29. The fourth-order valence-electron chi connectivity index (χ4n) is 1.55. The second-order valence-corrected chi connectivity index (χ2v) is 4.09. The first-order valence-corrected chi connectivity index (χ1v) is 6.19. The molecule has 4 nitrogen and oxygen atoms in total. The summed E-state index contributed by atoms with van der Waals surface area (Å²) in [5.74, 6) is 0.929. The molecule has 0 atom stereocenters. The third-order valence-corrected chi connectivity index (χ3v) is 2.74. The highest BCUT2D eigenvalue weighted by atomic mass is 35.5. The summed E-state index contributed by atoms with van der Waals surface area (Å²) >= 11 is 5.79. The number of hydrogen-bond acceptors (Lipinski definition) is 1. The van der Waals surface area contributed by atoms with E-state index in [-0.39, 0.29) is 5.84 Å². The normalized spacial score (nSPS) is 16.2. The van der Waals surface area contributed by atoms with Crippen molar-refractivity contribution in [3.8, 4) is 0 Å². The quantitative estimate of drug-likeness (QED) is 0.335. The number of amidine groups is 1. The lowest BCUT2D eigenvalue weighted by atomic mass is 10.2. The van der Waals surface area contributed by atoms with Gasteiger partial charge < -0.3 is 10.6 Å². The van der Waals surface area contributed by atoms with Crippen LogP contribution in [0.3, 0.4) is 0 Å². The van der Waals surface area contributed by atoms with Gasteiger partial charge in [-0.2, -0.15) is 4.99 Å². The molecule has 0 aromatic heterocycles. The van der Waals surface area contributed by atoms with E-state index in [1.54, 1.807) is 6.08 Å². The number of guanidine groups is 1. The predicted octanol–water partition coefficient (Wildman–Crippen LogP) is 2.35. The molecule has 1 aromatic carbocycles. The van der Waals surface area contributed by atoms with Crippen LogP contribution in [0, 0.1) is 5.41 Å². The lowest BCUT2D eigenvalue weighted by molar-refractivity contribution is 0.969. The van der Waals surface area contributed by atoms with E-state index in [9.17, 15) is 0 Å². The van der Waals surface area contributed by atoms with Crippen LogP contribution in [0.5, 0.6) is 0 Å². The molecule has 2 rings (SSSR count). The van der Waals surface area contributed by atoms with Gasteiger partial charge in [-0.25, -0.2) is 0 Å². The average molecular weight is 273 g/mol. The molecule has 0 unspecified atom stereocenters. The lowest BCUT2D eigenvalue weighted by Gasteiger charge is -2.19. The summed E-state index contributed by atoms with van der Waals surface area (Å²) in [4.78, 5) is 4.19. The van der Waals surface area contributed by atoms with Crippen molar-refractivity contribution in [3.63, 3.8) is 0 Å². The number of hydrogen-bond donors (Lipinski definition) is 3. The zero-order valence-electron chi connectivity index (χ0n) is 10.2. The summed E-state index contributed by atoms with van der Waals surface area (Å²) in [5, 5.41) is 13.9. The number of rotatable bonds is 2. The Labute approximate surface area is 116 Å². The molecule has 3 N–H and O–H groups in total. The minimum absolute atomic E-state index is 0.162. The molecule has 19 heavy (non-hydrogen) atoms. The van der Waals surface area contributed by atoms with E-state index in [0.29, 0.717) is 17.5 Å². The van der Waals surface area contributed by atoms with Crippen LogP contribution >= 0.6 is 11.6 Å². The Morgan fingerprint density at radius 3 is 2.68 bits per heavy atom. The predicted molar refractivity (Wildman–Crippen MR) is 78.4 cm³/mol. The van der Waals surface area contributed by atoms with Crippen molar-refractivity contribution < 1.29 is 0 Å². The van der Waals surface area contributed by atoms with Gasteiger partial charge in [0.05, 0.1) is 11.6 Å². The minimum atomic E-state index is 0.162. The molecule has 0 spiro atoms. The highest BCUT2D eigenvalue weighted by Gasteiger charge is 2.11. The van der Waals surface area contributed by atoms with Crippen LogP contribution in [-0.4, -0.2) is 17.7 Å². The molecule has 96 valence electrons. The van der Waals surface area contributed by atoms with E-state index in [1.807, 2.05) is 30.3 Å². The van der Waals surface area contributed by atoms with Gasteiger partial charge in [-0.1, -0.05) is 36.9 Å². The highest BCUT2D eigenvalue weighted by molar-refractivity contribution is 6.19. The van der Waals surface area contributed by atoms with Gasteiger partial charge in [-0.05, 0) is 6.08 Å². The number of allylic oxidation sites excluding steroid dienone is 2. The molecule has 0 amide bonds. The number of alkyl halides is 1. The van der Waals surface area contributed by atoms with E-state index in [1.165, 1.54) is 0 Å². The van der Waals surface area contributed by atoms with Crippen LogP contribution in [0.15, 0.2) is 65.1 Å². The smallest absolute Gasteiger partial charge is 0.207 e. The van der Waals surface area contributed by atoms with E-state index in [4.69, 9.17) is 17.0 Å². The van der Waals surface area contributed by atoms with E-state index in [2.05, 4.69) is 27.9 Å². The molecule has 0 radical (unpaired) electrons. The van der Waals surface area contributed by atoms with Gasteiger partial charge in [-0.15, -0.1) is 17.3 Å². The first kappa shape index (κ1) is 13.1. The maximum absolute atomic E-state index is 7.95. The summed E-state index contributed by atoms with van der Waals surface area (Å²) in [6.45, 7) is 3.58. The van der Waals surface area contributed by atoms with Crippen LogP contribution in [0.4, 0.5) is 0 Å². The van der Waals surface area contributed by atoms with Crippen molar-refractivity contribution in [3.05, 3.63) is 65.7 Å². The monoisotopic (exact) mass is 272 g/mol. The first-order chi connectivity index (χ1) is 9.22. The third-order valence-electron chi connectivity index (χ3n) is 2.46. The molecule has 1 aromatic rings. The largest absolute Gasteiger partial charge is 0.328 e. The average Bonchev–Trinajstić information content (AvgIpc) is 2.47. The first-order valence-electron chi connectivity index (χ1n) is 5.66.